The largest absolute Gasteiger partial charge is 0.373 e. The van der Waals surface area contributed by atoms with Gasteiger partial charge >= 0.3 is 19.9 Å². The summed E-state index contributed by atoms with van der Waals surface area (Å²) >= 11 is 0. The molecule has 260 valence electrons. The number of allylic oxidation sites excluding steroid dienone is 2. The molecule has 0 bridgehead atoms. The lowest BCUT2D eigenvalue weighted by atomic mass is 9.59. The number of methoxy groups -OCH3 is 2. The van der Waals surface area contributed by atoms with E-state index in [9.17, 15) is 9.36 Å². The molecule has 2 fully saturated rings. The molecular formula is C32H55O12P. The van der Waals surface area contributed by atoms with Crippen LogP contribution in [0.5, 0.6) is 0 Å². The predicted octanol–water partition coefficient (Wildman–Crippen LogP) is 6.38. The zero-order valence-corrected chi connectivity index (χ0v) is 29.7. The number of hydrogen-bond donors (Lipinski definition) is 0. The molecule has 0 aromatic heterocycles. The van der Waals surface area contributed by atoms with Crippen molar-refractivity contribution in [1.29, 1.82) is 0 Å². The van der Waals surface area contributed by atoms with Crippen molar-refractivity contribution in [3.8, 4) is 0 Å². The molecule has 0 heterocycles. The van der Waals surface area contributed by atoms with Gasteiger partial charge in [0.25, 0.3) is 0 Å². The minimum absolute atomic E-state index is 0.173. The summed E-state index contributed by atoms with van der Waals surface area (Å²) < 4.78 is 41.9. The first kappa shape index (κ1) is 47.1. The van der Waals surface area contributed by atoms with Gasteiger partial charge in [-0.05, 0) is 56.1 Å². The molecule has 0 amide bonds. The van der Waals surface area contributed by atoms with Crippen LogP contribution in [0.15, 0.2) is 29.3 Å². The van der Waals surface area contributed by atoms with Crippen LogP contribution in [0.3, 0.4) is 0 Å². The van der Waals surface area contributed by atoms with Gasteiger partial charge in [0.15, 0.2) is 0 Å². The van der Waals surface area contributed by atoms with Gasteiger partial charge in [-0.25, -0.2) is 0 Å². The third kappa shape index (κ3) is 20.4. The Balaban J connectivity index is -0.000000543. The van der Waals surface area contributed by atoms with Crippen molar-refractivity contribution in [3.63, 3.8) is 0 Å². The highest BCUT2D eigenvalue weighted by Crippen LogP contribution is 2.50. The minimum atomic E-state index is -2.92. The zero-order valence-electron chi connectivity index (χ0n) is 28.8. The summed E-state index contributed by atoms with van der Waals surface area (Å²) in [7, 11) is 0.332. The Bertz CT molecular complexity index is 978. The molecule has 0 spiro atoms. The highest BCUT2D eigenvalue weighted by molar-refractivity contribution is 7.57. The number of rotatable bonds is 15. The van der Waals surface area contributed by atoms with Gasteiger partial charge in [0.1, 0.15) is 19.4 Å². The molecule has 2 saturated carbocycles. The summed E-state index contributed by atoms with van der Waals surface area (Å²) in [5.41, 5.74) is 4.89. The van der Waals surface area contributed by atoms with Crippen LogP contribution < -0.4 is 0 Å². The monoisotopic (exact) mass is 662 g/mol. The van der Waals surface area contributed by atoms with Gasteiger partial charge in [-0.1, -0.05) is 47.6 Å². The fourth-order valence-corrected chi connectivity index (χ4v) is 5.42. The number of Topliss-reactive ketones (excluding diaryl/α,β-unsaturated/α-hetero) is 1. The van der Waals surface area contributed by atoms with Crippen molar-refractivity contribution in [3.05, 3.63) is 29.3 Å². The number of carbonyl (C=O) groups excluding carboxylic acids is 5. The molecule has 0 N–H and O–H groups in total. The van der Waals surface area contributed by atoms with Crippen molar-refractivity contribution in [2.75, 3.05) is 54.2 Å². The average molecular weight is 663 g/mol. The van der Waals surface area contributed by atoms with Crippen LogP contribution in [-0.4, -0.2) is 72.3 Å². The van der Waals surface area contributed by atoms with E-state index in [-0.39, 0.29) is 23.1 Å². The molecule has 2 aliphatic rings. The van der Waals surface area contributed by atoms with Crippen LogP contribution in [0.2, 0.25) is 0 Å². The maximum atomic E-state index is 11.6. The zero-order chi connectivity index (χ0) is 35.4. The van der Waals surface area contributed by atoms with E-state index in [2.05, 4.69) is 32.6 Å². The van der Waals surface area contributed by atoms with Gasteiger partial charge < -0.3 is 28.0 Å². The second-order valence-corrected chi connectivity index (χ2v) is 12.7. The first-order chi connectivity index (χ1) is 21.2. The van der Waals surface area contributed by atoms with Crippen molar-refractivity contribution < 1.29 is 56.5 Å². The molecule has 0 radical (unpaired) electrons. The van der Waals surface area contributed by atoms with E-state index >= 15 is 0 Å². The molecular weight excluding hydrogens is 607 g/mol. The molecule has 0 aromatic carbocycles. The summed E-state index contributed by atoms with van der Waals surface area (Å²) in [5, 5.41) is 0. The number of carbonyl (C=O) groups is 1. The molecule has 2 rings (SSSR count). The van der Waals surface area contributed by atoms with Crippen LogP contribution >= 0.6 is 7.60 Å². The van der Waals surface area contributed by atoms with Crippen molar-refractivity contribution in [2.24, 2.45) is 22.7 Å². The van der Waals surface area contributed by atoms with Gasteiger partial charge in [-0.2, -0.15) is 19.2 Å². The van der Waals surface area contributed by atoms with Gasteiger partial charge in [0.05, 0.1) is 26.4 Å². The lowest BCUT2D eigenvalue weighted by molar-refractivity contribution is -0.193. The Labute approximate surface area is 269 Å². The Hall–Kier alpha value is -2.32. The Morgan fingerprint density at radius 1 is 0.778 bits per heavy atom. The fraction of sp³-hybridized carbons (Fsp3) is 0.750. The van der Waals surface area contributed by atoms with E-state index in [0.29, 0.717) is 57.4 Å². The molecule has 0 saturated heterocycles. The van der Waals surface area contributed by atoms with Crippen LogP contribution in [0, 0.1) is 22.7 Å². The number of ether oxygens (including phenoxy) is 4. The molecule has 45 heavy (non-hydrogen) atoms. The summed E-state index contributed by atoms with van der Waals surface area (Å²) in [6, 6.07) is 0. The Morgan fingerprint density at radius 2 is 1.22 bits per heavy atom. The van der Waals surface area contributed by atoms with E-state index in [0.717, 1.165) is 25.9 Å². The Kier molecular flexibility index (Phi) is 29.2. The molecule has 13 heteroatoms. The first-order valence-corrected chi connectivity index (χ1v) is 16.5. The molecule has 0 aromatic rings. The SMILES string of the molecule is CC/C=C/P(=O)(OCC)OCC.CCC=C=C1CC(COCOC)C1(C)C.COCOCC1CC(=O)C1(C)C.O=C=O.O=C=O. The molecule has 2 atom stereocenters. The van der Waals surface area contributed by atoms with E-state index in [1.54, 1.807) is 34.1 Å². The van der Waals surface area contributed by atoms with E-state index < -0.39 is 7.60 Å². The lowest BCUT2D eigenvalue weighted by Gasteiger charge is -2.46. The molecule has 2 aliphatic carbocycles. The molecule has 2 unspecified atom stereocenters. The summed E-state index contributed by atoms with van der Waals surface area (Å²) in [4.78, 5) is 43.6. The maximum absolute atomic E-state index is 11.6. The fourth-order valence-electron chi connectivity index (χ4n) is 3.99. The first-order valence-electron chi connectivity index (χ1n) is 14.9. The third-order valence-corrected chi connectivity index (χ3v) is 8.89. The lowest BCUT2D eigenvalue weighted by Crippen LogP contribution is -2.47. The van der Waals surface area contributed by atoms with Crippen LogP contribution in [0.1, 0.15) is 81.1 Å². The third-order valence-electron chi connectivity index (χ3n) is 7.08. The minimum Gasteiger partial charge on any atom is -0.359 e. The maximum Gasteiger partial charge on any atom is 0.373 e. The smallest absolute Gasteiger partial charge is 0.359 e. The van der Waals surface area contributed by atoms with Gasteiger partial charge in [0, 0.05) is 37.8 Å². The standard InChI is InChI=1S/C13H22O2.C9H16O3.C8H17O3P.2CO2/c1-5-6-7-11-8-12(13(11,2)3)9-15-10-14-4;1-9(2)7(4-8(9)10)5-12-6-11-3;1-4-7-8-12(9,10-5-2)11-6-3;2*2-1-3/h6,12H,5,8-10H2,1-4H3;7H,4-6H2,1-3H3;7-8H,4-6H2,1-3H3;;/b;;8-7+;;. The van der Waals surface area contributed by atoms with Crippen molar-refractivity contribution in [1.82, 2.24) is 0 Å². The predicted molar refractivity (Wildman–Crippen MR) is 167 cm³/mol. The van der Waals surface area contributed by atoms with Gasteiger partial charge in [-0.3, -0.25) is 9.36 Å². The van der Waals surface area contributed by atoms with Gasteiger partial charge in [-0.15, -0.1) is 5.73 Å². The molecule has 0 aliphatic heterocycles. The second kappa shape index (κ2) is 27.9. The van der Waals surface area contributed by atoms with E-state index in [4.69, 9.17) is 47.2 Å². The van der Waals surface area contributed by atoms with Crippen LogP contribution in [-0.2, 0) is 56.5 Å². The van der Waals surface area contributed by atoms with E-state index in [1.807, 2.05) is 20.8 Å². The Morgan fingerprint density at radius 3 is 1.53 bits per heavy atom. The average Bonchev–Trinajstić information content (AvgIpc) is 2.98. The molecule has 12 nitrogen and oxygen atoms in total. The topological polar surface area (TPSA) is 158 Å². The number of hydrogen-bond acceptors (Lipinski definition) is 12. The van der Waals surface area contributed by atoms with Crippen LogP contribution in [0.4, 0.5) is 0 Å². The quantitative estimate of drug-likeness (QED) is 0.0826. The summed E-state index contributed by atoms with van der Waals surface area (Å²) in [6.45, 7) is 19.1. The summed E-state index contributed by atoms with van der Waals surface area (Å²) in [6.07, 6.45) is 8.09. The van der Waals surface area contributed by atoms with Gasteiger partial charge in [0.2, 0.25) is 0 Å². The highest BCUT2D eigenvalue weighted by Gasteiger charge is 2.47. The highest BCUT2D eigenvalue weighted by atomic mass is 31.2. The van der Waals surface area contributed by atoms with Crippen LogP contribution in [0.25, 0.3) is 0 Å². The van der Waals surface area contributed by atoms with E-state index in [1.165, 1.54) is 11.4 Å². The van der Waals surface area contributed by atoms with Crippen molar-refractivity contribution >= 4 is 25.7 Å². The summed E-state index contributed by atoms with van der Waals surface area (Å²) in [5.74, 6) is 2.86. The second-order valence-electron chi connectivity index (χ2n) is 10.8. The number of ketones is 1. The van der Waals surface area contributed by atoms with Crippen molar-refractivity contribution in [2.45, 2.75) is 81.1 Å². The normalized spacial score (nSPS) is 18.6.